The first kappa shape index (κ1) is 22.4. The fourth-order valence-electron chi connectivity index (χ4n) is 3.47. The van der Waals surface area contributed by atoms with E-state index in [0.717, 1.165) is 51.1 Å². The summed E-state index contributed by atoms with van der Waals surface area (Å²) in [6, 6.07) is 6.56. The van der Waals surface area contributed by atoms with Crippen LogP contribution in [0.15, 0.2) is 29.5 Å². The zero-order valence-corrected chi connectivity index (χ0v) is 19.7. The van der Waals surface area contributed by atoms with E-state index in [0.29, 0.717) is 6.54 Å². The van der Waals surface area contributed by atoms with Gasteiger partial charge in [-0.05, 0) is 44.9 Å². The van der Waals surface area contributed by atoms with Crippen LogP contribution in [0.4, 0.5) is 5.69 Å². The molecule has 1 saturated heterocycles. The smallest absolute Gasteiger partial charge is 0.194 e. The summed E-state index contributed by atoms with van der Waals surface area (Å²) in [6.07, 6.45) is 1.76. The first-order valence-corrected chi connectivity index (χ1v) is 9.85. The summed E-state index contributed by atoms with van der Waals surface area (Å²) in [6.45, 7) is 14.8. The SMILES string of the molecule is CCNC(=NCc1nncn1CC)N1CCN(c2cccc(C)c2C)CC1.I. The summed E-state index contributed by atoms with van der Waals surface area (Å²) in [4.78, 5) is 9.63. The lowest BCUT2D eigenvalue weighted by atomic mass is 10.1. The first-order valence-electron chi connectivity index (χ1n) is 9.85. The fourth-order valence-corrected chi connectivity index (χ4v) is 3.47. The van der Waals surface area contributed by atoms with E-state index in [4.69, 9.17) is 4.99 Å². The van der Waals surface area contributed by atoms with E-state index >= 15 is 0 Å². The number of nitrogens with zero attached hydrogens (tertiary/aromatic N) is 6. The molecular formula is C20H32IN7. The normalized spacial score (nSPS) is 14.8. The van der Waals surface area contributed by atoms with Gasteiger partial charge in [-0.2, -0.15) is 0 Å². The molecule has 0 aliphatic carbocycles. The van der Waals surface area contributed by atoms with Crippen molar-refractivity contribution in [2.45, 2.75) is 40.8 Å². The molecule has 154 valence electrons. The molecule has 3 rings (SSSR count). The van der Waals surface area contributed by atoms with Crippen molar-refractivity contribution >= 4 is 35.6 Å². The molecular weight excluding hydrogens is 465 g/mol. The van der Waals surface area contributed by atoms with Gasteiger partial charge in [0.15, 0.2) is 11.8 Å². The topological polar surface area (TPSA) is 61.6 Å². The molecule has 1 aliphatic heterocycles. The highest BCUT2D eigenvalue weighted by Gasteiger charge is 2.21. The maximum Gasteiger partial charge on any atom is 0.194 e. The second kappa shape index (κ2) is 10.6. The van der Waals surface area contributed by atoms with E-state index in [2.05, 4.69) is 71.2 Å². The summed E-state index contributed by atoms with van der Waals surface area (Å²) in [5.41, 5.74) is 4.09. The fraction of sp³-hybridized carbons (Fsp3) is 0.550. The van der Waals surface area contributed by atoms with Gasteiger partial charge in [-0.15, -0.1) is 34.2 Å². The largest absolute Gasteiger partial charge is 0.368 e. The van der Waals surface area contributed by atoms with Crippen LogP contribution in [0.3, 0.4) is 0 Å². The Kier molecular flexibility index (Phi) is 8.53. The molecule has 0 radical (unpaired) electrons. The van der Waals surface area contributed by atoms with Crippen LogP contribution in [-0.4, -0.2) is 58.3 Å². The molecule has 0 unspecified atom stereocenters. The number of rotatable bonds is 5. The molecule has 2 heterocycles. The number of hydrogen-bond donors (Lipinski definition) is 1. The molecule has 0 amide bonds. The number of aryl methyl sites for hydroxylation is 2. The van der Waals surface area contributed by atoms with Gasteiger partial charge < -0.3 is 19.7 Å². The van der Waals surface area contributed by atoms with Crippen LogP contribution in [0.2, 0.25) is 0 Å². The van der Waals surface area contributed by atoms with Crippen molar-refractivity contribution in [1.29, 1.82) is 0 Å². The molecule has 8 heteroatoms. The average molecular weight is 497 g/mol. The number of aromatic nitrogens is 3. The van der Waals surface area contributed by atoms with Crippen molar-refractivity contribution in [2.75, 3.05) is 37.6 Å². The number of guanidine groups is 1. The number of nitrogens with one attached hydrogen (secondary N) is 1. The quantitative estimate of drug-likeness (QED) is 0.391. The van der Waals surface area contributed by atoms with Gasteiger partial charge >= 0.3 is 0 Å². The molecule has 28 heavy (non-hydrogen) atoms. The molecule has 1 aromatic heterocycles. The zero-order chi connectivity index (χ0) is 19.2. The molecule has 2 aromatic rings. The third-order valence-corrected chi connectivity index (χ3v) is 5.24. The molecule has 1 aromatic carbocycles. The van der Waals surface area contributed by atoms with Crippen molar-refractivity contribution < 1.29 is 0 Å². The lowest BCUT2D eigenvalue weighted by molar-refractivity contribution is 0.372. The number of halogens is 1. The highest BCUT2D eigenvalue weighted by Crippen LogP contribution is 2.23. The molecule has 0 spiro atoms. The molecule has 0 bridgehead atoms. The molecule has 7 nitrogen and oxygen atoms in total. The minimum absolute atomic E-state index is 0. The minimum Gasteiger partial charge on any atom is -0.368 e. The number of benzene rings is 1. The van der Waals surface area contributed by atoms with E-state index < -0.39 is 0 Å². The highest BCUT2D eigenvalue weighted by atomic mass is 127. The van der Waals surface area contributed by atoms with Crippen LogP contribution >= 0.6 is 24.0 Å². The highest BCUT2D eigenvalue weighted by molar-refractivity contribution is 14.0. The van der Waals surface area contributed by atoms with Crippen LogP contribution in [0.1, 0.15) is 30.8 Å². The second-order valence-electron chi connectivity index (χ2n) is 6.90. The standard InChI is InChI=1S/C20H31N7.HI/c1-5-21-20(22-14-19-24-23-15-25(19)6-2)27-12-10-26(11-13-27)18-9-7-8-16(3)17(18)4;/h7-9,15H,5-6,10-14H2,1-4H3,(H,21,22);1H. The summed E-state index contributed by atoms with van der Waals surface area (Å²) in [7, 11) is 0. The second-order valence-corrected chi connectivity index (χ2v) is 6.90. The Labute approximate surface area is 185 Å². The van der Waals surface area contributed by atoms with Crippen molar-refractivity contribution in [3.05, 3.63) is 41.5 Å². The maximum absolute atomic E-state index is 4.81. The van der Waals surface area contributed by atoms with Gasteiger partial charge in [0.25, 0.3) is 0 Å². The van der Waals surface area contributed by atoms with Crippen molar-refractivity contribution in [3.63, 3.8) is 0 Å². The van der Waals surface area contributed by atoms with Gasteiger partial charge in [0.2, 0.25) is 0 Å². The number of piperazine rings is 1. The summed E-state index contributed by atoms with van der Waals surface area (Å²) in [5.74, 6) is 1.87. The van der Waals surface area contributed by atoms with Crippen LogP contribution in [0.25, 0.3) is 0 Å². The van der Waals surface area contributed by atoms with E-state index in [1.165, 1.54) is 16.8 Å². The van der Waals surface area contributed by atoms with Gasteiger partial charge in [-0.1, -0.05) is 12.1 Å². The summed E-state index contributed by atoms with van der Waals surface area (Å²) >= 11 is 0. The lowest BCUT2D eigenvalue weighted by Gasteiger charge is -2.38. The van der Waals surface area contributed by atoms with Gasteiger partial charge in [-0.3, -0.25) is 0 Å². The summed E-state index contributed by atoms with van der Waals surface area (Å²) in [5, 5.41) is 11.6. The number of hydrogen-bond acceptors (Lipinski definition) is 4. The Morgan fingerprint density at radius 2 is 1.89 bits per heavy atom. The Bertz CT molecular complexity index is 779. The van der Waals surface area contributed by atoms with Crippen molar-refractivity contribution in [2.24, 2.45) is 4.99 Å². The number of aliphatic imine (C=N–C) groups is 1. The minimum atomic E-state index is 0. The van der Waals surface area contributed by atoms with Gasteiger partial charge in [-0.25, -0.2) is 4.99 Å². The van der Waals surface area contributed by atoms with E-state index in [9.17, 15) is 0 Å². The van der Waals surface area contributed by atoms with Crippen molar-refractivity contribution in [3.8, 4) is 0 Å². The Morgan fingerprint density at radius 3 is 2.57 bits per heavy atom. The number of anilines is 1. The monoisotopic (exact) mass is 497 g/mol. The maximum atomic E-state index is 4.81. The van der Waals surface area contributed by atoms with Gasteiger partial charge in [0, 0.05) is 45.0 Å². The van der Waals surface area contributed by atoms with Crippen LogP contribution < -0.4 is 10.2 Å². The third kappa shape index (κ3) is 5.15. The van der Waals surface area contributed by atoms with Crippen molar-refractivity contribution in [1.82, 2.24) is 25.0 Å². The van der Waals surface area contributed by atoms with Gasteiger partial charge in [0.05, 0.1) is 0 Å². The third-order valence-electron chi connectivity index (χ3n) is 5.24. The van der Waals surface area contributed by atoms with E-state index in [1.807, 2.05) is 4.57 Å². The molecule has 1 aliphatic rings. The molecule has 0 saturated carbocycles. The lowest BCUT2D eigenvalue weighted by Crippen LogP contribution is -2.52. The molecule has 1 fully saturated rings. The zero-order valence-electron chi connectivity index (χ0n) is 17.4. The van der Waals surface area contributed by atoms with E-state index in [1.54, 1.807) is 6.33 Å². The van der Waals surface area contributed by atoms with E-state index in [-0.39, 0.29) is 24.0 Å². The average Bonchev–Trinajstić information content (AvgIpc) is 3.15. The summed E-state index contributed by atoms with van der Waals surface area (Å²) < 4.78 is 2.03. The predicted molar refractivity (Wildman–Crippen MR) is 126 cm³/mol. The predicted octanol–water partition coefficient (Wildman–Crippen LogP) is 2.82. The Balaban J connectivity index is 0.00000280. The van der Waals surface area contributed by atoms with Crippen LogP contribution in [0.5, 0.6) is 0 Å². The molecule has 0 atom stereocenters. The first-order chi connectivity index (χ1) is 13.1. The molecule has 1 N–H and O–H groups in total. The van der Waals surface area contributed by atoms with Gasteiger partial charge in [0.1, 0.15) is 12.9 Å². The Hall–Kier alpha value is -1.84. The van der Waals surface area contributed by atoms with Crippen LogP contribution in [0, 0.1) is 13.8 Å². The Morgan fingerprint density at radius 1 is 1.14 bits per heavy atom. The van der Waals surface area contributed by atoms with Crippen LogP contribution in [-0.2, 0) is 13.1 Å².